The van der Waals surface area contributed by atoms with Crippen LogP contribution in [0.5, 0.6) is 0 Å². The number of hydrogen-bond acceptors (Lipinski definition) is 2. The summed E-state index contributed by atoms with van der Waals surface area (Å²) in [5.74, 6) is 0. The van der Waals surface area contributed by atoms with Gasteiger partial charge in [0, 0.05) is 30.8 Å². The predicted octanol–water partition coefficient (Wildman–Crippen LogP) is 1.35. The molecule has 2 rings (SSSR count). The number of nitrogens with zero attached hydrogens (tertiary/aromatic N) is 2. The fourth-order valence-electron chi connectivity index (χ4n) is 1.93. The quantitative estimate of drug-likeness (QED) is 0.743. The van der Waals surface area contributed by atoms with Crippen molar-refractivity contribution in [2.75, 3.05) is 13.6 Å². The average Bonchev–Trinajstić information content (AvgIpc) is 2.49. The van der Waals surface area contributed by atoms with E-state index in [1.54, 1.807) is 0 Å². The Morgan fingerprint density at radius 1 is 1.54 bits per heavy atom. The Labute approximate surface area is 79.1 Å². The van der Waals surface area contributed by atoms with E-state index in [0.717, 1.165) is 25.9 Å². The number of aromatic nitrogens is 2. The summed E-state index contributed by atoms with van der Waals surface area (Å²) in [6.45, 7) is 4.43. The first-order valence-electron chi connectivity index (χ1n) is 5.04. The van der Waals surface area contributed by atoms with Crippen molar-refractivity contribution in [3.8, 4) is 0 Å². The number of nitrogens with one attached hydrogen (secondary N) is 1. The Morgan fingerprint density at radius 2 is 2.38 bits per heavy atom. The average molecular weight is 179 g/mol. The minimum absolute atomic E-state index is 1.07. The lowest BCUT2D eigenvalue weighted by molar-refractivity contribution is 0.310. The minimum Gasteiger partial charge on any atom is -0.302 e. The van der Waals surface area contributed by atoms with Gasteiger partial charge in [-0.05, 0) is 13.5 Å². The smallest absolute Gasteiger partial charge is 0.0669 e. The number of likely N-dealkylation sites (N-methyl/N-ethyl adjacent to an activating group) is 1. The minimum atomic E-state index is 1.07. The van der Waals surface area contributed by atoms with Crippen LogP contribution in [0.4, 0.5) is 0 Å². The largest absolute Gasteiger partial charge is 0.302 e. The third kappa shape index (κ3) is 1.61. The highest BCUT2D eigenvalue weighted by Gasteiger charge is 2.18. The van der Waals surface area contributed by atoms with Gasteiger partial charge in [-0.25, -0.2) is 0 Å². The maximum absolute atomic E-state index is 4.37. The highest BCUT2D eigenvalue weighted by Crippen LogP contribution is 2.19. The molecule has 1 aromatic rings. The summed E-state index contributed by atoms with van der Waals surface area (Å²) in [6.07, 6.45) is 3.42. The second kappa shape index (κ2) is 3.50. The van der Waals surface area contributed by atoms with E-state index in [2.05, 4.69) is 29.1 Å². The summed E-state index contributed by atoms with van der Waals surface area (Å²) in [5, 5.41) is 7.53. The monoisotopic (exact) mass is 179 g/mol. The van der Waals surface area contributed by atoms with Gasteiger partial charge >= 0.3 is 0 Å². The van der Waals surface area contributed by atoms with Crippen LogP contribution in [0.2, 0.25) is 0 Å². The van der Waals surface area contributed by atoms with E-state index in [4.69, 9.17) is 0 Å². The second-order valence-electron chi connectivity index (χ2n) is 3.87. The number of hydrogen-bond donors (Lipinski definition) is 1. The van der Waals surface area contributed by atoms with Crippen molar-refractivity contribution >= 4 is 0 Å². The summed E-state index contributed by atoms with van der Waals surface area (Å²) in [4.78, 5) is 2.36. The number of fused-ring (bicyclic) bond motifs is 1. The van der Waals surface area contributed by atoms with Crippen LogP contribution in [0.3, 0.4) is 0 Å². The van der Waals surface area contributed by atoms with Gasteiger partial charge in [0.15, 0.2) is 0 Å². The molecule has 0 saturated heterocycles. The molecule has 0 aromatic carbocycles. The zero-order chi connectivity index (χ0) is 9.26. The number of aryl methyl sites for hydroxylation is 1. The van der Waals surface area contributed by atoms with Crippen molar-refractivity contribution in [3.63, 3.8) is 0 Å². The van der Waals surface area contributed by atoms with E-state index in [1.165, 1.54) is 23.4 Å². The van der Waals surface area contributed by atoms with Crippen LogP contribution in [0.25, 0.3) is 0 Å². The molecule has 72 valence electrons. The lowest BCUT2D eigenvalue weighted by Crippen LogP contribution is -2.26. The maximum Gasteiger partial charge on any atom is 0.0669 e. The molecule has 2 heterocycles. The highest BCUT2D eigenvalue weighted by molar-refractivity contribution is 5.27. The Balaban J connectivity index is 2.25. The van der Waals surface area contributed by atoms with Gasteiger partial charge in [0.2, 0.25) is 0 Å². The molecule has 3 nitrogen and oxygen atoms in total. The van der Waals surface area contributed by atoms with Gasteiger partial charge < -0.3 is 4.90 Å². The first-order chi connectivity index (χ1) is 6.31. The Bertz CT molecular complexity index is 290. The summed E-state index contributed by atoms with van der Waals surface area (Å²) < 4.78 is 0. The molecule has 0 saturated carbocycles. The van der Waals surface area contributed by atoms with E-state index < -0.39 is 0 Å². The number of aromatic amines is 1. The topological polar surface area (TPSA) is 31.9 Å². The maximum atomic E-state index is 4.37. The molecular weight excluding hydrogens is 162 g/mol. The van der Waals surface area contributed by atoms with Crippen LogP contribution in [0.1, 0.15) is 30.3 Å². The molecule has 0 unspecified atom stereocenters. The van der Waals surface area contributed by atoms with Crippen molar-refractivity contribution in [3.05, 3.63) is 17.0 Å². The van der Waals surface area contributed by atoms with Crippen LogP contribution < -0.4 is 0 Å². The van der Waals surface area contributed by atoms with E-state index in [9.17, 15) is 0 Å². The van der Waals surface area contributed by atoms with Gasteiger partial charge in [-0.15, -0.1) is 0 Å². The Kier molecular flexibility index (Phi) is 2.36. The molecule has 1 aliphatic rings. The lowest BCUT2D eigenvalue weighted by Gasteiger charge is -2.22. The Morgan fingerprint density at radius 3 is 3.15 bits per heavy atom. The molecule has 0 spiro atoms. The summed E-state index contributed by atoms with van der Waals surface area (Å²) in [5.41, 5.74) is 4.10. The van der Waals surface area contributed by atoms with Gasteiger partial charge in [0.05, 0.1) is 5.69 Å². The van der Waals surface area contributed by atoms with Gasteiger partial charge in [-0.2, -0.15) is 5.10 Å². The van der Waals surface area contributed by atoms with Crippen LogP contribution in [-0.2, 0) is 19.4 Å². The molecule has 1 N–H and O–H groups in total. The second-order valence-corrected chi connectivity index (χ2v) is 3.87. The van der Waals surface area contributed by atoms with Crippen LogP contribution >= 0.6 is 0 Å². The highest BCUT2D eigenvalue weighted by atomic mass is 15.2. The molecule has 1 aromatic heterocycles. The Hall–Kier alpha value is -0.830. The molecule has 0 atom stereocenters. The molecule has 3 heteroatoms. The zero-order valence-electron chi connectivity index (χ0n) is 8.43. The molecular formula is C10H17N3. The number of rotatable bonds is 2. The van der Waals surface area contributed by atoms with Crippen LogP contribution in [-0.4, -0.2) is 28.7 Å². The zero-order valence-corrected chi connectivity index (χ0v) is 8.43. The SMILES string of the molecule is CCCc1n[nH]c2c1CN(C)CC2. The van der Waals surface area contributed by atoms with E-state index in [1.807, 2.05) is 0 Å². The van der Waals surface area contributed by atoms with Gasteiger partial charge in [0.1, 0.15) is 0 Å². The standard InChI is InChI=1S/C10H17N3/c1-3-4-9-8-7-13(2)6-5-10(8)12-11-9/h3-7H2,1-2H3,(H,11,12). The van der Waals surface area contributed by atoms with Crippen molar-refractivity contribution in [1.82, 2.24) is 15.1 Å². The first-order valence-corrected chi connectivity index (χ1v) is 5.04. The van der Waals surface area contributed by atoms with Crippen molar-refractivity contribution in [2.24, 2.45) is 0 Å². The molecule has 0 fully saturated rings. The fourth-order valence-corrected chi connectivity index (χ4v) is 1.93. The van der Waals surface area contributed by atoms with Gasteiger partial charge in [0.25, 0.3) is 0 Å². The third-order valence-corrected chi connectivity index (χ3v) is 2.70. The molecule has 0 radical (unpaired) electrons. The van der Waals surface area contributed by atoms with E-state index >= 15 is 0 Å². The fraction of sp³-hybridized carbons (Fsp3) is 0.700. The molecule has 0 amide bonds. The van der Waals surface area contributed by atoms with Crippen molar-refractivity contribution < 1.29 is 0 Å². The van der Waals surface area contributed by atoms with Gasteiger partial charge in [-0.3, -0.25) is 5.10 Å². The molecule has 13 heavy (non-hydrogen) atoms. The normalized spacial score (nSPS) is 17.4. The van der Waals surface area contributed by atoms with Crippen molar-refractivity contribution in [2.45, 2.75) is 32.7 Å². The van der Waals surface area contributed by atoms with Crippen molar-refractivity contribution in [1.29, 1.82) is 0 Å². The summed E-state index contributed by atoms with van der Waals surface area (Å²) in [6, 6.07) is 0. The predicted molar refractivity (Wildman–Crippen MR) is 52.6 cm³/mol. The lowest BCUT2D eigenvalue weighted by atomic mass is 10.0. The van der Waals surface area contributed by atoms with Gasteiger partial charge in [-0.1, -0.05) is 13.3 Å². The first kappa shape index (κ1) is 8.75. The summed E-state index contributed by atoms with van der Waals surface area (Å²) in [7, 11) is 2.17. The summed E-state index contributed by atoms with van der Waals surface area (Å²) >= 11 is 0. The van der Waals surface area contributed by atoms with E-state index in [0.29, 0.717) is 0 Å². The number of H-pyrrole nitrogens is 1. The van der Waals surface area contributed by atoms with Crippen LogP contribution in [0, 0.1) is 0 Å². The molecule has 1 aliphatic heterocycles. The molecule has 0 aliphatic carbocycles. The molecule has 0 bridgehead atoms. The third-order valence-electron chi connectivity index (χ3n) is 2.70. The van der Waals surface area contributed by atoms with E-state index in [-0.39, 0.29) is 0 Å². The van der Waals surface area contributed by atoms with Crippen LogP contribution in [0.15, 0.2) is 0 Å².